The zero-order valence-corrected chi connectivity index (χ0v) is 12.0. The lowest BCUT2D eigenvalue weighted by Gasteiger charge is -2.20. The van der Waals surface area contributed by atoms with Crippen LogP contribution in [0.25, 0.3) is 0 Å². The minimum absolute atomic E-state index is 0.129. The first kappa shape index (κ1) is 16.5. The molecule has 4 nitrogen and oxygen atoms in total. The first-order chi connectivity index (χ1) is 9.80. The van der Waals surface area contributed by atoms with E-state index in [1.165, 1.54) is 0 Å². The summed E-state index contributed by atoms with van der Waals surface area (Å²) in [5.74, 6) is 6.25. The molecule has 20 heavy (non-hydrogen) atoms. The van der Waals surface area contributed by atoms with Crippen molar-refractivity contribution in [3.63, 3.8) is 0 Å². The molecule has 0 radical (unpaired) electrons. The Labute approximate surface area is 121 Å². The minimum atomic E-state index is -0.129. The molecule has 0 fully saturated rings. The molecular formula is C16H23NO3. The molecule has 0 unspecified atom stereocenters. The van der Waals surface area contributed by atoms with Crippen molar-refractivity contribution in [2.75, 3.05) is 39.5 Å². The van der Waals surface area contributed by atoms with Gasteiger partial charge in [0, 0.05) is 18.7 Å². The van der Waals surface area contributed by atoms with Crippen LogP contribution in [0.1, 0.15) is 18.9 Å². The summed E-state index contributed by atoms with van der Waals surface area (Å²) in [5, 5.41) is 17.6. The van der Waals surface area contributed by atoms with Crippen molar-refractivity contribution in [3.8, 4) is 17.6 Å². The van der Waals surface area contributed by atoms with Gasteiger partial charge < -0.3 is 14.9 Å². The van der Waals surface area contributed by atoms with Crippen molar-refractivity contribution in [2.45, 2.75) is 13.3 Å². The first-order valence-electron chi connectivity index (χ1n) is 6.96. The Morgan fingerprint density at radius 3 is 2.45 bits per heavy atom. The van der Waals surface area contributed by atoms with Crippen molar-refractivity contribution in [3.05, 3.63) is 29.8 Å². The molecule has 1 aromatic rings. The van der Waals surface area contributed by atoms with Gasteiger partial charge in [-0.2, -0.15) is 0 Å². The van der Waals surface area contributed by atoms with Gasteiger partial charge in [0.05, 0.1) is 6.61 Å². The Balaban J connectivity index is 2.37. The second-order valence-electron chi connectivity index (χ2n) is 4.40. The molecule has 1 rings (SSSR count). The van der Waals surface area contributed by atoms with E-state index in [-0.39, 0.29) is 13.2 Å². The van der Waals surface area contributed by atoms with Gasteiger partial charge >= 0.3 is 0 Å². The summed E-state index contributed by atoms with van der Waals surface area (Å²) in [5.41, 5.74) is 0.860. The number of ether oxygens (including phenoxy) is 1. The molecular weight excluding hydrogens is 254 g/mol. The minimum Gasteiger partial charge on any atom is -0.492 e. The summed E-state index contributed by atoms with van der Waals surface area (Å²) in [4.78, 5) is 2.18. The summed E-state index contributed by atoms with van der Waals surface area (Å²) in [6, 6.07) is 7.49. The Bertz CT molecular complexity index is 414. The number of aliphatic hydroxyl groups excluding tert-OH is 2. The molecule has 0 atom stereocenters. The van der Waals surface area contributed by atoms with Gasteiger partial charge in [0.1, 0.15) is 19.0 Å². The molecule has 1 aromatic carbocycles. The van der Waals surface area contributed by atoms with Crippen molar-refractivity contribution < 1.29 is 14.9 Å². The average molecular weight is 277 g/mol. The van der Waals surface area contributed by atoms with Crippen LogP contribution in [0.15, 0.2) is 24.3 Å². The molecule has 0 saturated carbocycles. The molecule has 0 aliphatic rings. The second-order valence-corrected chi connectivity index (χ2v) is 4.40. The van der Waals surface area contributed by atoms with Gasteiger partial charge in [0.25, 0.3) is 0 Å². The monoisotopic (exact) mass is 277 g/mol. The van der Waals surface area contributed by atoms with Crippen LogP contribution >= 0.6 is 0 Å². The number of benzene rings is 1. The van der Waals surface area contributed by atoms with Crippen LogP contribution in [0.2, 0.25) is 0 Å². The number of rotatable bonds is 8. The lowest BCUT2D eigenvalue weighted by Crippen LogP contribution is -2.31. The molecule has 2 N–H and O–H groups in total. The number of aliphatic hydroxyl groups is 2. The Kier molecular flexibility index (Phi) is 8.48. The van der Waals surface area contributed by atoms with Crippen molar-refractivity contribution in [2.24, 2.45) is 0 Å². The molecule has 0 aromatic heterocycles. The van der Waals surface area contributed by atoms with Gasteiger partial charge in [-0.05, 0) is 37.2 Å². The van der Waals surface area contributed by atoms with Gasteiger partial charge in [-0.25, -0.2) is 0 Å². The molecule has 0 aliphatic carbocycles. The SMILES string of the molecule is CCCN(CCO)CCOc1ccc(C#CCO)cc1. The van der Waals surface area contributed by atoms with Gasteiger partial charge in [0.15, 0.2) is 0 Å². The second kappa shape index (κ2) is 10.3. The third-order valence-electron chi connectivity index (χ3n) is 2.80. The third-order valence-corrected chi connectivity index (χ3v) is 2.80. The predicted molar refractivity (Wildman–Crippen MR) is 79.7 cm³/mol. The number of hydrogen-bond donors (Lipinski definition) is 2. The van der Waals surface area contributed by atoms with E-state index < -0.39 is 0 Å². The smallest absolute Gasteiger partial charge is 0.119 e. The Hall–Kier alpha value is -1.54. The summed E-state index contributed by atoms with van der Waals surface area (Å²) in [6.45, 7) is 5.24. The van der Waals surface area contributed by atoms with Crippen LogP contribution in [-0.2, 0) is 0 Å². The van der Waals surface area contributed by atoms with Crippen molar-refractivity contribution in [1.29, 1.82) is 0 Å². The molecule has 0 aliphatic heterocycles. The highest BCUT2D eigenvalue weighted by Crippen LogP contribution is 2.11. The Morgan fingerprint density at radius 1 is 1.10 bits per heavy atom. The fourth-order valence-electron chi connectivity index (χ4n) is 1.86. The summed E-state index contributed by atoms with van der Waals surface area (Å²) >= 11 is 0. The average Bonchev–Trinajstić information content (AvgIpc) is 2.47. The van der Waals surface area contributed by atoms with E-state index in [1.54, 1.807) is 0 Å². The van der Waals surface area contributed by atoms with Crippen molar-refractivity contribution in [1.82, 2.24) is 4.90 Å². The van der Waals surface area contributed by atoms with E-state index >= 15 is 0 Å². The largest absolute Gasteiger partial charge is 0.492 e. The maximum Gasteiger partial charge on any atom is 0.119 e. The normalized spacial score (nSPS) is 10.2. The molecule has 0 spiro atoms. The highest BCUT2D eigenvalue weighted by atomic mass is 16.5. The fourth-order valence-corrected chi connectivity index (χ4v) is 1.86. The number of hydrogen-bond acceptors (Lipinski definition) is 4. The lowest BCUT2D eigenvalue weighted by atomic mass is 10.2. The first-order valence-corrected chi connectivity index (χ1v) is 6.96. The van der Waals surface area contributed by atoms with Crippen LogP contribution in [-0.4, -0.2) is 54.6 Å². The van der Waals surface area contributed by atoms with E-state index in [0.717, 1.165) is 30.8 Å². The maximum atomic E-state index is 8.97. The molecule has 0 saturated heterocycles. The topological polar surface area (TPSA) is 52.9 Å². The van der Waals surface area contributed by atoms with Crippen LogP contribution in [0.3, 0.4) is 0 Å². The molecule has 0 bridgehead atoms. The van der Waals surface area contributed by atoms with Crippen molar-refractivity contribution >= 4 is 0 Å². The van der Waals surface area contributed by atoms with Crippen LogP contribution in [0.5, 0.6) is 5.75 Å². The third kappa shape index (κ3) is 6.58. The van der Waals surface area contributed by atoms with Crippen LogP contribution in [0, 0.1) is 11.8 Å². The van der Waals surface area contributed by atoms with Gasteiger partial charge in [-0.1, -0.05) is 18.8 Å². The predicted octanol–water partition coefficient (Wildman–Crippen LogP) is 1.11. The highest BCUT2D eigenvalue weighted by molar-refractivity contribution is 5.38. The van der Waals surface area contributed by atoms with E-state index in [0.29, 0.717) is 13.2 Å². The van der Waals surface area contributed by atoms with E-state index in [9.17, 15) is 0 Å². The Morgan fingerprint density at radius 2 is 1.85 bits per heavy atom. The van der Waals surface area contributed by atoms with Crippen LogP contribution < -0.4 is 4.74 Å². The summed E-state index contributed by atoms with van der Waals surface area (Å²) in [7, 11) is 0. The molecule has 110 valence electrons. The molecule has 4 heteroatoms. The van der Waals surface area contributed by atoms with Gasteiger partial charge in [0.2, 0.25) is 0 Å². The standard InChI is InChI=1S/C16H23NO3/c1-2-9-17(10-13-19)11-14-20-16-7-5-15(6-8-16)4-3-12-18/h5-8,18-19H,2,9-14H2,1H3. The fraction of sp³-hybridized carbons (Fsp3) is 0.500. The highest BCUT2D eigenvalue weighted by Gasteiger charge is 2.03. The molecule has 0 heterocycles. The molecule has 0 amide bonds. The zero-order chi connectivity index (χ0) is 14.6. The summed E-state index contributed by atoms with van der Waals surface area (Å²) < 4.78 is 5.67. The quantitative estimate of drug-likeness (QED) is 0.699. The number of nitrogens with zero attached hydrogens (tertiary/aromatic N) is 1. The summed E-state index contributed by atoms with van der Waals surface area (Å²) in [6.07, 6.45) is 1.07. The van der Waals surface area contributed by atoms with Gasteiger partial charge in [-0.15, -0.1) is 0 Å². The van der Waals surface area contributed by atoms with E-state index in [1.807, 2.05) is 24.3 Å². The zero-order valence-electron chi connectivity index (χ0n) is 12.0. The van der Waals surface area contributed by atoms with Gasteiger partial charge in [-0.3, -0.25) is 4.90 Å². The maximum absolute atomic E-state index is 8.97. The lowest BCUT2D eigenvalue weighted by molar-refractivity contribution is 0.168. The van der Waals surface area contributed by atoms with Crippen LogP contribution in [0.4, 0.5) is 0 Å². The van der Waals surface area contributed by atoms with E-state index in [2.05, 4.69) is 23.7 Å². The van der Waals surface area contributed by atoms with E-state index in [4.69, 9.17) is 14.9 Å².